The van der Waals surface area contributed by atoms with Crippen LogP contribution in [-0.4, -0.2) is 16.8 Å². The van der Waals surface area contributed by atoms with E-state index in [2.05, 4.69) is 77.5 Å². The molecule has 0 spiro atoms. The van der Waals surface area contributed by atoms with Gasteiger partial charge in [-0.1, -0.05) is 66.4 Å². The highest BCUT2D eigenvalue weighted by molar-refractivity contribution is 8.15. The Bertz CT molecular complexity index is 975. The Kier molecular flexibility index (Phi) is 4.28. The number of thioether (sulfide) groups is 1. The number of nitrogens with zero attached hydrogens (tertiary/aromatic N) is 2. The highest BCUT2D eigenvalue weighted by Gasteiger charge is 2.23. The van der Waals surface area contributed by atoms with E-state index in [0.29, 0.717) is 12.3 Å². The van der Waals surface area contributed by atoms with Gasteiger partial charge in [0.15, 0.2) is 5.17 Å². The molecule has 0 aliphatic carbocycles. The first kappa shape index (κ1) is 15.9. The number of anilines is 1. The molecular formula is C21H18N2OS. The Morgan fingerprint density at radius 2 is 1.84 bits per heavy atom. The maximum atomic E-state index is 11.7. The van der Waals surface area contributed by atoms with Gasteiger partial charge in [-0.2, -0.15) is 4.99 Å². The second kappa shape index (κ2) is 6.73. The molecule has 1 amide bonds. The number of aryl methyl sites for hydroxylation is 1. The van der Waals surface area contributed by atoms with Crippen molar-refractivity contribution in [2.24, 2.45) is 4.99 Å². The third kappa shape index (κ3) is 3.30. The van der Waals surface area contributed by atoms with E-state index in [1.165, 1.54) is 33.7 Å². The molecule has 0 atom stereocenters. The quantitative estimate of drug-likeness (QED) is 0.684. The van der Waals surface area contributed by atoms with E-state index in [1.54, 1.807) is 0 Å². The maximum absolute atomic E-state index is 11.7. The molecule has 0 bridgehead atoms. The summed E-state index contributed by atoms with van der Waals surface area (Å²) in [4.78, 5) is 18.1. The molecule has 124 valence electrons. The summed E-state index contributed by atoms with van der Waals surface area (Å²) in [5, 5.41) is 3.24. The molecule has 4 rings (SSSR count). The topological polar surface area (TPSA) is 32.7 Å². The highest BCUT2D eigenvalue weighted by atomic mass is 32.2. The first-order valence-electron chi connectivity index (χ1n) is 8.26. The SMILES string of the molecule is Cc1cccc(N(Cc2cccc3ccccc23)C2=NC(=O)CS2)c1. The molecule has 0 saturated carbocycles. The van der Waals surface area contributed by atoms with Crippen LogP contribution in [0, 0.1) is 6.92 Å². The molecule has 1 aliphatic rings. The molecule has 25 heavy (non-hydrogen) atoms. The number of amides is 1. The van der Waals surface area contributed by atoms with Gasteiger partial charge in [0.05, 0.1) is 12.3 Å². The van der Waals surface area contributed by atoms with E-state index in [1.807, 2.05) is 6.07 Å². The first-order chi connectivity index (χ1) is 12.2. The fourth-order valence-electron chi connectivity index (χ4n) is 3.10. The second-order valence-corrected chi connectivity index (χ2v) is 7.08. The summed E-state index contributed by atoms with van der Waals surface area (Å²) in [5.74, 6) is 0.364. The predicted molar refractivity (Wildman–Crippen MR) is 106 cm³/mol. The number of rotatable bonds is 3. The Balaban J connectivity index is 1.78. The molecule has 1 aliphatic heterocycles. The molecule has 0 aromatic heterocycles. The van der Waals surface area contributed by atoms with Crippen LogP contribution in [0.4, 0.5) is 5.69 Å². The molecule has 0 saturated heterocycles. The zero-order chi connectivity index (χ0) is 17.2. The molecule has 0 unspecified atom stereocenters. The monoisotopic (exact) mass is 346 g/mol. The summed E-state index contributed by atoms with van der Waals surface area (Å²) >= 11 is 1.51. The van der Waals surface area contributed by atoms with Crippen LogP contribution in [0.5, 0.6) is 0 Å². The lowest BCUT2D eigenvalue weighted by Crippen LogP contribution is -2.27. The van der Waals surface area contributed by atoms with Gasteiger partial charge < -0.3 is 4.90 Å². The second-order valence-electron chi connectivity index (χ2n) is 6.14. The van der Waals surface area contributed by atoms with Gasteiger partial charge in [0.25, 0.3) is 5.91 Å². The third-order valence-corrected chi connectivity index (χ3v) is 5.26. The number of carbonyl (C=O) groups excluding carboxylic acids is 1. The minimum Gasteiger partial charge on any atom is -0.316 e. The molecular weight excluding hydrogens is 328 g/mol. The van der Waals surface area contributed by atoms with Crippen LogP contribution >= 0.6 is 11.8 Å². The number of fused-ring (bicyclic) bond motifs is 1. The van der Waals surface area contributed by atoms with Crippen molar-refractivity contribution >= 4 is 39.3 Å². The van der Waals surface area contributed by atoms with Crippen LogP contribution in [0.25, 0.3) is 10.8 Å². The fraction of sp³-hybridized carbons (Fsp3) is 0.143. The number of benzene rings is 3. The summed E-state index contributed by atoms with van der Waals surface area (Å²) in [7, 11) is 0. The predicted octanol–water partition coefficient (Wildman–Crippen LogP) is 4.78. The number of carbonyl (C=O) groups is 1. The van der Waals surface area contributed by atoms with E-state index in [-0.39, 0.29) is 5.91 Å². The average Bonchev–Trinajstić information content (AvgIpc) is 3.06. The zero-order valence-corrected chi connectivity index (χ0v) is 14.8. The van der Waals surface area contributed by atoms with Crippen molar-refractivity contribution in [1.82, 2.24) is 0 Å². The van der Waals surface area contributed by atoms with Crippen molar-refractivity contribution < 1.29 is 4.79 Å². The van der Waals surface area contributed by atoms with Crippen molar-refractivity contribution in [1.29, 1.82) is 0 Å². The van der Waals surface area contributed by atoms with Gasteiger partial charge in [0.1, 0.15) is 0 Å². The van der Waals surface area contributed by atoms with Crippen LogP contribution in [-0.2, 0) is 11.3 Å². The maximum Gasteiger partial charge on any atom is 0.258 e. The summed E-state index contributed by atoms with van der Waals surface area (Å²) in [6.45, 7) is 2.76. The number of amidine groups is 1. The van der Waals surface area contributed by atoms with Gasteiger partial charge >= 0.3 is 0 Å². The van der Waals surface area contributed by atoms with Crippen LogP contribution in [0.2, 0.25) is 0 Å². The van der Waals surface area contributed by atoms with E-state index in [0.717, 1.165) is 10.9 Å². The number of aliphatic imine (C=N–C) groups is 1. The molecule has 0 radical (unpaired) electrons. The highest BCUT2D eigenvalue weighted by Crippen LogP contribution is 2.28. The lowest BCUT2D eigenvalue weighted by Gasteiger charge is -2.25. The van der Waals surface area contributed by atoms with Crippen molar-refractivity contribution in [2.75, 3.05) is 10.7 Å². The molecule has 3 aromatic carbocycles. The van der Waals surface area contributed by atoms with E-state index in [9.17, 15) is 4.79 Å². The smallest absolute Gasteiger partial charge is 0.258 e. The molecule has 0 N–H and O–H groups in total. The molecule has 4 heteroatoms. The fourth-order valence-corrected chi connectivity index (χ4v) is 3.91. The van der Waals surface area contributed by atoms with Crippen LogP contribution in [0.15, 0.2) is 71.7 Å². The number of hydrogen-bond donors (Lipinski definition) is 0. The van der Waals surface area contributed by atoms with Crippen LogP contribution in [0.3, 0.4) is 0 Å². The Morgan fingerprint density at radius 1 is 1.04 bits per heavy atom. The molecule has 3 nitrogen and oxygen atoms in total. The summed E-state index contributed by atoms with van der Waals surface area (Å²) < 4.78 is 0. The third-order valence-electron chi connectivity index (χ3n) is 4.30. The zero-order valence-electron chi connectivity index (χ0n) is 14.0. The van der Waals surface area contributed by atoms with Gasteiger partial charge in [0, 0.05) is 5.69 Å². The summed E-state index contributed by atoms with van der Waals surface area (Å²) in [6, 6.07) is 23.1. The number of hydrogen-bond acceptors (Lipinski definition) is 3. The largest absolute Gasteiger partial charge is 0.316 e. The van der Waals surface area contributed by atoms with Crippen molar-refractivity contribution in [2.45, 2.75) is 13.5 Å². The standard InChI is InChI=1S/C21H18N2OS/c1-15-6-4-10-18(12-15)23(21-22-20(24)14-25-21)13-17-9-5-8-16-7-2-3-11-19(16)17/h2-12H,13-14H2,1H3. The van der Waals surface area contributed by atoms with E-state index >= 15 is 0 Å². The van der Waals surface area contributed by atoms with Gasteiger partial charge in [-0.05, 0) is 41.0 Å². The Morgan fingerprint density at radius 3 is 2.64 bits per heavy atom. The van der Waals surface area contributed by atoms with Gasteiger partial charge in [-0.3, -0.25) is 4.79 Å². The minimum atomic E-state index is -0.0597. The van der Waals surface area contributed by atoms with Crippen molar-refractivity contribution in [3.8, 4) is 0 Å². The first-order valence-corrected chi connectivity index (χ1v) is 9.24. The molecule has 0 fully saturated rings. The molecule has 1 heterocycles. The normalized spacial score (nSPS) is 14.0. The summed E-state index contributed by atoms with van der Waals surface area (Å²) in [5.41, 5.74) is 3.48. The van der Waals surface area contributed by atoms with Crippen LogP contribution < -0.4 is 4.90 Å². The minimum absolute atomic E-state index is 0.0597. The lowest BCUT2D eigenvalue weighted by atomic mass is 10.0. The molecule has 3 aromatic rings. The van der Waals surface area contributed by atoms with E-state index < -0.39 is 0 Å². The van der Waals surface area contributed by atoms with Crippen molar-refractivity contribution in [3.63, 3.8) is 0 Å². The van der Waals surface area contributed by atoms with Gasteiger partial charge in [-0.25, -0.2) is 0 Å². The Hall–Kier alpha value is -2.59. The van der Waals surface area contributed by atoms with Crippen molar-refractivity contribution in [3.05, 3.63) is 77.9 Å². The van der Waals surface area contributed by atoms with E-state index in [4.69, 9.17) is 0 Å². The Labute approximate surface area is 151 Å². The lowest BCUT2D eigenvalue weighted by molar-refractivity contribution is -0.115. The van der Waals surface area contributed by atoms with Crippen LogP contribution in [0.1, 0.15) is 11.1 Å². The summed E-state index contributed by atoms with van der Waals surface area (Å²) in [6.07, 6.45) is 0. The van der Waals surface area contributed by atoms with Gasteiger partial charge in [0.2, 0.25) is 0 Å². The average molecular weight is 346 g/mol. The van der Waals surface area contributed by atoms with Gasteiger partial charge in [-0.15, -0.1) is 0 Å².